The zero-order valence-electron chi connectivity index (χ0n) is 24.6. The summed E-state index contributed by atoms with van der Waals surface area (Å²) in [6, 6.07) is 23.2. The van der Waals surface area contributed by atoms with Crippen molar-refractivity contribution in [1.82, 2.24) is 4.90 Å². The number of nitrogens with two attached hydrogens (primary N) is 1. The molecule has 1 amide bonds. The van der Waals surface area contributed by atoms with Crippen LogP contribution in [-0.4, -0.2) is 59.0 Å². The number of benzene rings is 3. The Labute approximate surface area is 255 Å². The molecule has 6 rings (SSSR count). The van der Waals surface area contributed by atoms with Crippen molar-refractivity contribution in [3.05, 3.63) is 112 Å². The van der Waals surface area contributed by atoms with Gasteiger partial charge in [-0.1, -0.05) is 72.8 Å². The van der Waals surface area contributed by atoms with Gasteiger partial charge in [0.15, 0.2) is 17.2 Å². The minimum absolute atomic E-state index is 0.0245. The van der Waals surface area contributed by atoms with E-state index in [2.05, 4.69) is 0 Å². The lowest BCUT2D eigenvalue weighted by molar-refractivity contribution is -0.170. The third-order valence-corrected chi connectivity index (χ3v) is 9.09. The molecule has 1 unspecified atom stereocenters. The van der Waals surface area contributed by atoms with E-state index in [-0.39, 0.29) is 31.0 Å². The standard InChI is InChI=1S/C35H34N2O7/c1-37(2)29-24-17-23-16-22-14-9-15-25(43-18-20-10-5-3-6-11-20)26(22)30(38)27(23)32(39)35(24,42)33(40)28(34(36)41)31(29)44-19-21-12-7-4-8-13-21/h3-15,23-24,27,29,42H,16-19H2,1-2H3,(H2,36,41)/t23-,24-,27?,29-,35+/m0/s1. The van der Waals surface area contributed by atoms with Crippen LogP contribution in [0.4, 0.5) is 0 Å². The third kappa shape index (κ3) is 4.82. The molecule has 3 aliphatic carbocycles. The number of nitrogens with zero attached hydrogens (tertiary/aromatic N) is 1. The van der Waals surface area contributed by atoms with Crippen LogP contribution in [0.25, 0.3) is 0 Å². The molecule has 0 radical (unpaired) electrons. The van der Waals surface area contributed by atoms with E-state index >= 15 is 0 Å². The molecule has 1 saturated carbocycles. The van der Waals surface area contributed by atoms with Crippen LogP contribution in [-0.2, 0) is 38.8 Å². The van der Waals surface area contributed by atoms with Crippen molar-refractivity contribution in [3.63, 3.8) is 0 Å². The Hall–Kier alpha value is -4.60. The highest BCUT2D eigenvalue weighted by atomic mass is 16.5. The van der Waals surface area contributed by atoms with Crippen LogP contribution in [0.15, 0.2) is 90.2 Å². The van der Waals surface area contributed by atoms with E-state index in [1.165, 1.54) is 0 Å². The van der Waals surface area contributed by atoms with Gasteiger partial charge in [-0.3, -0.25) is 24.1 Å². The molecule has 3 aromatic rings. The van der Waals surface area contributed by atoms with E-state index in [0.717, 1.165) is 16.7 Å². The summed E-state index contributed by atoms with van der Waals surface area (Å²) < 4.78 is 12.2. The predicted molar refractivity (Wildman–Crippen MR) is 160 cm³/mol. The smallest absolute Gasteiger partial charge is 0.255 e. The summed E-state index contributed by atoms with van der Waals surface area (Å²) in [6.45, 7) is 0.271. The summed E-state index contributed by atoms with van der Waals surface area (Å²) >= 11 is 0. The summed E-state index contributed by atoms with van der Waals surface area (Å²) in [5, 5.41) is 12.1. The molecule has 3 aromatic carbocycles. The highest BCUT2D eigenvalue weighted by Crippen LogP contribution is 2.51. The maximum atomic E-state index is 14.3. The molecule has 3 N–H and O–H groups in total. The molecule has 5 atom stereocenters. The van der Waals surface area contributed by atoms with Gasteiger partial charge in [-0.2, -0.15) is 0 Å². The van der Waals surface area contributed by atoms with Crippen LogP contribution in [0.3, 0.4) is 0 Å². The predicted octanol–water partition coefficient (Wildman–Crippen LogP) is 3.03. The lowest BCUT2D eigenvalue weighted by Crippen LogP contribution is -2.69. The molecule has 0 spiro atoms. The number of aliphatic hydroxyl groups is 1. The molecule has 0 saturated heterocycles. The van der Waals surface area contributed by atoms with E-state index in [1.54, 1.807) is 25.1 Å². The highest BCUT2D eigenvalue weighted by Gasteiger charge is 2.67. The number of carbonyl (C=O) groups is 4. The second-order valence-electron chi connectivity index (χ2n) is 12.0. The van der Waals surface area contributed by atoms with Crippen molar-refractivity contribution >= 4 is 23.3 Å². The number of ether oxygens (including phenoxy) is 2. The quantitative estimate of drug-likeness (QED) is 0.300. The van der Waals surface area contributed by atoms with Crippen molar-refractivity contribution in [3.8, 4) is 5.75 Å². The van der Waals surface area contributed by atoms with Gasteiger partial charge in [0.2, 0.25) is 5.78 Å². The molecule has 0 bridgehead atoms. The van der Waals surface area contributed by atoms with Crippen molar-refractivity contribution in [2.45, 2.75) is 37.7 Å². The molecule has 9 nitrogen and oxygen atoms in total. The van der Waals surface area contributed by atoms with Crippen molar-refractivity contribution in [2.24, 2.45) is 23.5 Å². The number of likely N-dealkylation sites (N-methyl/N-ethyl adjacent to an activating group) is 1. The molecule has 44 heavy (non-hydrogen) atoms. The van der Waals surface area contributed by atoms with Crippen molar-refractivity contribution in [1.29, 1.82) is 0 Å². The van der Waals surface area contributed by atoms with E-state index in [4.69, 9.17) is 15.2 Å². The first-order chi connectivity index (χ1) is 21.1. The Bertz CT molecular complexity index is 1670. The molecule has 1 fully saturated rings. The third-order valence-electron chi connectivity index (χ3n) is 9.09. The summed E-state index contributed by atoms with van der Waals surface area (Å²) in [7, 11) is 3.44. The average Bonchev–Trinajstić information content (AvgIpc) is 3.01. The summed E-state index contributed by atoms with van der Waals surface area (Å²) in [5.74, 6) is -6.00. The van der Waals surface area contributed by atoms with Crippen LogP contribution in [0.2, 0.25) is 0 Å². The molecule has 0 aliphatic heterocycles. The number of fused-ring (bicyclic) bond motifs is 3. The van der Waals surface area contributed by atoms with E-state index in [0.29, 0.717) is 12.2 Å². The minimum Gasteiger partial charge on any atom is -0.491 e. The van der Waals surface area contributed by atoms with Gasteiger partial charge in [-0.15, -0.1) is 0 Å². The fraction of sp³-hybridized carbons (Fsp3) is 0.314. The maximum Gasteiger partial charge on any atom is 0.255 e. The number of hydrogen-bond acceptors (Lipinski definition) is 8. The average molecular weight is 595 g/mol. The second-order valence-corrected chi connectivity index (χ2v) is 12.0. The maximum absolute atomic E-state index is 14.3. The number of carbonyl (C=O) groups excluding carboxylic acids is 4. The Morgan fingerprint density at radius 1 is 0.909 bits per heavy atom. The van der Waals surface area contributed by atoms with Gasteiger partial charge in [0, 0.05) is 5.92 Å². The van der Waals surface area contributed by atoms with Gasteiger partial charge in [0.05, 0.1) is 17.5 Å². The lowest BCUT2D eigenvalue weighted by atomic mass is 9.54. The normalized spacial score (nSPS) is 26.1. The first-order valence-electron chi connectivity index (χ1n) is 14.6. The summed E-state index contributed by atoms with van der Waals surface area (Å²) in [6.07, 6.45) is 0.555. The first-order valence-corrected chi connectivity index (χ1v) is 14.6. The molecule has 0 aromatic heterocycles. The van der Waals surface area contributed by atoms with Crippen molar-refractivity contribution in [2.75, 3.05) is 14.1 Å². The fourth-order valence-corrected chi connectivity index (χ4v) is 7.11. The molecular weight excluding hydrogens is 560 g/mol. The van der Waals surface area contributed by atoms with E-state index in [9.17, 15) is 24.3 Å². The molecule has 3 aliphatic rings. The van der Waals surface area contributed by atoms with Gasteiger partial charge >= 0.3 is 0 Å². The fourth-order valence-electron chi connectivity index (χ4n) is 7.11. The van der Waals surface area contributed by atoms with Gasteiger partial charge in [0.25, 0.3) is 5.91 Å². The number of Topliss-reactive ketones (excluding diaryl/α,β-unsaturated/α-hetero) is 3. The SMILES string of the molecule is CN(C)[C@@H]1C(OCc2ccccc2)=C(C(N)=O)C(=O)[C@]2(O)C(=O)C3C(=O)c4c(cccc4OCc4ccccc4)C[C@H]3C[C@@H]12. The minimum atomic E-state index is -2.63. The monoisotopic (exact) mass is 594 g/mol. The molecule has 0 heterocycles. The van der Waals surface area contributed by atoms with Gasteiger partial charge in [0.1, 0.15) is 30.3 Å². The van der Waals surface area contributed by atoms with Crippen LogP contribution >= 0.6 is 0 Å². The topological polar surface area (TPSA) is 136 Å². The molecule has 226 valence electrons. The van der Waals surface area contributed by atoms with Crippen LogP contribution < -0.4 is 10.5 Å². The molecular formula is C35H34N2O7. The van der Waals surface area contributed by atoms with Crippen LogP contribution in [0, 0.1) is 17.8 Å². The number of ketones is 3. The van der Waals surface area contributed by atoms with E-state index in [1.807, 2.05) is 72.8 Å². The first kappa shape index (κ1) is 29.5. The number of rotatable bonds is 8. The Morgan fingerprint density at radius 2 is 1.52 bits per heavy atom. The van der Waals surface area contributed by atoms with Gasteiger partial charge in [-0.05, 0) is 55.6 Å². The Balaban J connectivity index is 1.38. The zero-order chi connectivity index (χ0) is 31.2. The van der Waals surface area contributed by atoms with Crippen molar-refractivity contribution < 1.29 is 33.8 Å². The summed E-state index contributed by atoms with van der Waals surface area (Å²) in [4.78, 5) is 56.9. The number of hydrogen-bond donors (Lipinski definition) is 2. The number of primary amides is 1. The molecule has 9 heteroatoms. The Morgan fingerprint density at radius 3 is 2.11 bits per heavy atom. The zero-order valence-corrected chi connectivity index (χ0v) is 24.6. The van der Waals surface area contributed by atoms with Gasteiger partial charge in [-0.25, -0.2) is 0 Å². The summed E-state index contributed by atoms with van der Waals surface area (Å²) in [5.41, 5.74) is 5.26. The van der Waals surface area contributed by atoms with Crippen LogP contribution in [0.1, 0.15) is 33.5 Å². The van der Waals surface area contributed by atoms with Crippen LogP contribution in [0.5, 0.6) is 5.75 Å². The second kappa shape index (κ2) is 11.5. The lowest BCUT2D eigenvalue weighted by Gasteiger charge is -2.52. The largest absolute Gasteiger partial charge is 0.491 e. The van der Waals surface area contributed by atoms with E-state index < -0.39 is 58.2 Å². The number of amides is 1. The van der Waals surface area contributed by atoms with Gasteiger partial charge < -0.3 is 20.3 Å². The Kier molecular flexibility index (Phi) is 7.69. The highest BCUT2D eigenvalue weighted by molar-refractivity contribution is 6.32.